The summed E-state index contributed by atoms with van der Waals surface area (Å²) >= 11 is 1.19. The molecule has 0 fully saturated rings. The lowest BCUT2D eigenvalue weighted by atomic mass is 10.4. The first-order valence-electron chi connectivity index (χ1n) is 4.88. The Morgan fingerprint density at radius 3 is 3.00 bits per heavy atom. The number of aromatic nitrogens is 3. The Morgan fingerprint density at radius 1 is 1.47 bits per heavy atom. The van der Waals surface area contributed by atoms with Gasteiger partial charge in [-0.05, 0) is 12.1 Å². The van der Waals surface area contributed by atoms with E-state index >= 15 is 0 Å². The highest BCUT2D eigenvalue weighted by Gasteiger charge is 2.08. The maximum Gasteiger partial charge on any atom is 0.277 e. The van der Waals surface area contributed by atoms with E-state index in [4.69, 9.17) is 4.42 Å². The van der Waals surface area contributed by atoms with Gasteiger partial charge in [-0.2, -0.15) is 0 Å². The number of nitrogens with one attached hydrogen (secondary N) is 1. The molecule has 1 N–H and O–H groups in total. The lowest BCUT2D eigenvalue weighted by Gasteiger charge is -2.01. The van der Waals surface area contributed by atoms with Gasteiger partial charge >= 0.3 is 0 Å². The SMILES string of the molecule is Cc1nnc(SCC(=O)Nc2ccccn2)o1. The molecule has 17 heavy (non-hydrogen) atoms. The van der Waals surface area contributed by atoms with Crippen molar-refractivity contribution in [3.63, 3.8) is 0 Å². The number of amides is 1. The molecule has 7 heteroatoms. The fraction of sp³-hybridized carbons (Fsp3) is 0.200. The second-order valence-electron chi connectivity index (χ2n) is 3.14. The van der Waals surface area contributed by atoms with Crippen LogP contribution < -0.4 is 5.32 Å². The largest absolute Gasteiger partial charge is 0.416 e. The molecule has 2 heterocycles. The van der Waals surface area contributed by atoms with Crippen LogP contribution in [0.15, 0.2) is 34.0 Å². The highest BCUT2D eigenvalue weighted by Crippen LogP contribution is 2.15. The summed E-state index contributed by atoms with van der Waals surface area (Å²) in [7, 11) is 0. The van der Waals surface area contributed by atoms with Gasteiger partial charge in [-0.15, -0.1) is 10.2 Å². The normalized spacial score (nSPS) is 10.2. The number of hydrogen-bond donors (Lipinski definition) is 1. The molecule has 0 unspecified atom stereocenters. The van der Waals surface area contributed by atoms with E-state index in [1.54, 1.807) is 31.3 Å². The highest BCUT2D eigenvalue weighted by molar-refractivity contribution is 7.99. The number of carbonyl (C=O) groups is 1. The summed E-state index contributed by atoms with van der Waals surface area (Å²) < 4.78 is 5.13. The molecule has 0 aliphatic carbocycles. The predicted octanol–water partition coefficient (Wildman–Crippen LogP) is 1.50. The zero-order valence-electron chi connectivity index (χ0n) is 9.08. The first kappa shape index (κ1) is 11.6. The summed E-state index contributed by atoms with van der Waals surface area (Å²) in [5.41, 5.74) is 0. The zero-order chi connectivity index (χ0) is 12.1. The van der Waals surface area contributed by atoms with E-state index in [0.29, 0.717) is 16.9 Å². The standard InChI is InChI=1S/C10H10N4O2S/c1-7-13-14-10(16-7)17-6-9(15)12-8-4-2-3-5-11-8/h2-5H,6H2,1H3,(H,11,12,15). The number of nitrogens with zero attached hydrogens (tertiary/aromatic N) is 3. The summed E-state index contributed by atoms with van der Waals surface area (Å²) in [4.78, 5) is 15.5. The molecule has 0 aliphatic heterocycles. The van der Waals surface area contributed by atoms with E-state index in [9.17, 15) is 4.79 Å². The first-order chi connectivity index (χ1) is 8.24. The van der Waals surface area contributed by atoms with Crippen LogP contribution in [0, 0.1) is 6.92 Å². The Labute approximate surface area is 102 Å². The minimum Gasteiger partial charge on any atom is -0.416 e. The van der Waals surface area contributed by atoms with E-state index in [1.807, 2.05) is 0 Å². The van der Waals surface area contributed by atoms with Gasteiger partial charge in [-0.3, -0.25) is 4.79 Å². The maximum absolute atomic E-state index is 11.5. The van der Waals surface area contributed by atoms with E-state index in [1.165, 1.54) is 11.8 Å². The second-order valence-corrected chi connectivity index (χ2v) is 4.07. The summed E-state index contributed by atoms with van der Waals surface area (Å²) in [6, 6.07) is 5.31. The molecule has 0 aromatic carbocycles. The maximum atomic E-state index is 11.5. The van der Waals surface area contributed by atoms with Crippen molar-refractivity contribution >= 4 is 23.5 Å². The molecule has 6 nitrogen and oxygen atoms in total. The molecule has 0 bridgehead atoms. The number of anilines is 1. The molecule has 0 aliphatic rings. The van der Waals surface area contributed by atoms with Crippen molar-refractivity contribution in [2.24, 2.45) is 0 Å². The van der Waals surface area contributed by atoms with Crippen LogP contribution in [-0.2, 0) is 4.79 Å². The van der Waals surface area contributed by atoms with E-state index in [2.05, 4.69) is 20.5 Å². The topological polar surface area (TPSA) is 80.9 Å². The molecular weight excluding hydrogens is 240 g/mol. The molecule has 88 valence electrons. The molecule has 0 atom stereocenters. The summed E-state index contributed by atoms with van der Waals surface area (Å²) in [5.74, 6) is 1.06. The van der Waals surface area contributed by atoms with Gasteiger partial charge < -0.3 is 9.73 Å². The molecule has 0 saturated carbocycles. The quantitative estimate of drug-likeness (QED) is 0.828. The van der Waals surface area contributed by atoms with E-state index in [0.717, 1.165) is 0 Å². The molecule has 0 spiro atoms. The van der Waals surface area contributed by atoms with Crippen molar-refractivity contribution in [3.8, 4) is 0 Å². The first-order valence-corrected chi connectivity index (χ1v) is 5.86. The van der Waals surface area contributed by atoms with Crippen LogP contribution >= 0.6 is 11.8 Å². The van der Waals surface area contributed by atoms with Crippen LogP contribution in [0.4, 0.5) is 5.82 Å². The van der Waals surface area contributed by atoms with Crippen LogP contribution in [0.1, 0.15) is 5.89 Å². The van der Waals surface area contributed by atoms with E-state index in [-0.39, 0.29) is 11.7 Å². The van der Waals surface area contributed by atoms with Gasteiger partial charge in [0.25, 0.3) is 5.22 Å². The Balaban J connectivity index is 1.82. The molecule has 2 aromatic rings. The third-order valence-corrected chi connectivity index (χ3v) is 2.59. The van der Waals surface area contributed by atoms with Gasteiger partial charge in [0, 0.05) is 13.1 Å². The van der Waals surface area contributed by atoms with Crippen molar-refractivity contribution in [1.29, 1.82) is 0 Å². The van der Waals surface area contributed by atoms with Crippen molar-refractivity contribution in [2.75, 3.05) is 11.1 Å². The summed E-state index contributed by atoms with van der Waals surface area (Å²) in [5, 5.41) is 10.5. The van der Waals surface area contributed by atoms with Crippen LogP contribution in [0.3, 0.4) is 0 Å². The molecule has 1 amide bonds. The minimum atomic E-state index is -0.162. The van der Waals surface area contributed by atoms with Crippen molar-refractivity contribution in [3.05, 3.63) is 30.3 Å². The Hall–Kier alpha value is -1.89. The number of rotatable bonds is 4. The van der Waals surface area contributed by atoms with Crippen LogP contribution in [0.25, 0.3) is 0 Å². The van der Waals surface area contributed by atoms with Gasteiger partial charge in [0.05, 0.1) is 5.75 Å². The molecular formula is C10H10N4O2S. The van der Waals surface area contributed by atoms with E-state index < -0.39 is 0 Å². The Bertz CT molecular complexity index is 500. The van der Waals surface area contributed by atoms with Crippen LogP contribution in [0.2, 0.25) is 0 Å². The Morgan fingerprint density at radius 2 is 2.35 bits per heavy atom. The molecule has 2 aromatic heterocycles. The number of hydrogen-bond acceptors (Lipinski definition) is 6. The van der Waals surface area contributed by atoms with Gasteiger partial charge in [0.15, 0.2) is 0 Å². The third-order valence-electron chi connectivity index (χ3n) is 1.77. The van der Waals surface area contributed by atoms with Gasteiger partial charge in [0.1, 0.15) is 5.82 Å². The lowest BCUT2D eigenvalue weighted by Crippen LogP contribution is -2.14. The zero-order valence-corrected chi connectivity index (χ0v) is 9.90. The second kappa shape index (κ2) is 5.44. The molecule has 0 radical (unpaired) electrons. The Kier molecular flexibility index (Phi) is 3.71. The average Bonchev–Trinajstić information content (AvgIpc) is 2.74. The summed E-state index contributed by atoms with van der Waals surface area (Å²) in [6.07, 6.45) is 1.62. The number of pyridine rings is 1. The van der Waals surface area contributed by atoms with Crippen LogP contribution in [0.5, 0.6) is 0 Å². The van der Waals surface area contributed by atoms with Gasteiger partial charge in [-0.25, -0.2) is 4.98 Å². The number of aryl methyl sites for hydroxylation is 1. The van der Waals surface area contributed by atoms with Crippen molar-refractivity contribution < 1.29 is 9.21 Å². The molecule has 0 saturated heterocycles. The van der Waals surface area contributed by atoms with Crippen molar-refractivity contribution in [1.82, 2.24) is 15.2 Å². The van der Waals surface area contributed by atoms with Crippen LogP contribution in [-0.4, -0.2) is 26.8 Å². The third kappa shape index (κ3) is 3.56. The van der Waals surface area contributed by atoms with Gasteiger partial charge in [-0.1, -0.05) is 17.8 Å². The number of thioether (sulfide) groups is 1. The minimum absolute atomic E-state index is 0.162. The van der Waals surface area contributed by atoms with Gasteiger partial charge in [0.2, 0.25) is 11.8 Å². The average molecular weight is 250 g/mol. The summed E-state index contributed by atoms with van der Waals surface area (Å²) in [6.45, 7) is 1.70. The van der Waals surface area contributed by atoms with Crippen molar-refractivity contribution in [2.45, 2.75) is 12.1 Å². The lowest BCUT2D eigenvalue weighted by molar-refractivity contribution is -0.113. The molecule has 2 rings (SSSR count). The fourth-order valence-corrected chi connectivity index (χ4v) is 1.68. The smallest absolute Gasteiger partial charge is 0.277 e. The number of carbonyl (C=O) groups excluding carboxylic acids is 1. The fourth-order valence-electron chi connectivity index (χ4n) is 1.08. The monoisotopic (exact) mass is 250 g/mol. The highest BCUT2D eigenvalue weighted by atomic mass is 32.2. The predicted molar refractivity (Wildman–Crippen MR) is 62.6 cm³/mol.